The van der Waals surface area contributed by atoms with Crippen molar-refractivity contribution in [1.29, 1.82) is 0 Å². The number of carbonyl (C=O) groups excluding carboxylic acids is 2. The molecule has 1 N–H and O–H groups in total. The molecule has 0 radical (unpaired) electrons. The first kappa shape index (κ1) is 19.1. The second kappa shape index (κ2) is 7.92. The molecule has 0 bridgehead atoms. The zero-order valence-electron chi connectivity index (χ0n) is 15.1. The second-order valence-electron chi connectivity index (χ2n) is 6.34. The molecule has 6 nitrogen and oxygen atoms in total. The van der Waals surface area contributed by atoms with Crippen LogP contribution >= 0.6 is 27.3 Å². The predicted octanol–water partition coefficient (Wildman–Crippen LogP) is 4.27. The maximum absolute atomic E-state index is 12.7. The van der Waals surface area contributed by atoms with Crippen LogP contribution in [0.25, 0.3) is 0 Å². The Hall–Kier alpha value is -1.67. The zero-order chi connectivity index (χ0) is 18.8. The Morgan fingerprint density at radius 3 is 2.81 bits per heavy atom. The summed E-state index contributed by atoms with van der Waals surface area (Å²) >= 11 is 4.91. The summed E-state index contributed by atoms with van der Waals surface area (Å²) in [6, 6.07) is -0.492. The van der Waals surface area contributed by atoms with Gasteiger partial charge in [-0.1, -0.05) is 0 Å². The molecule has 0 fully saturated rings. The lowest BCUT2D eigenvalue weighted by Gasteiger charge is -2.14. The number of halogens is 1. The molecule has 2 heterocycles. The van der Waals surface area contributed by atoms with Gasteiger partial charge in [0.05, 0.1) is 22.3 Å². The van der Waals surface area contributed by atoms with Gasteiger partial charge in [-0.05, 0) is 67.9 Å². The standard InChI is InChI=1S/C18H22BrN3O3S/c1-4-25-18(24)15-12-7-5-6-8-14(12)26-17(15)20-16(23)11(3)22-9-13(19)10(2)21-22/h9,11H,4-8H2,1-3H3,(H,20,23). The summed E-state index contributed by atoms with van der Waals surface area (Å²) in [5.41, 5.74) is 2.40. The Balaban J connectivity index is 1.87. The van der Waals surface area contributed by atoms with Crippen LogP contribution < -0.4 is 5.32 Å². The number of nitrogens with zero attached hydrogens (tertiary/aromatic N) is 2. The predicted molar refractivity (Wildman–Crippen MR) is 105 cm³/mol. The van der Waals surface area contributed by atoms with Crippen molar-refractivity contribution >= 4 is 44.1 Å². The molecular weight excluding hydrogens is 418 g/mol. The first-order valence-electron chi connectivity index (χ1n) is 8.76. The molecule has 2 aromatic heterocycles. The van der Waals surface area contributed by atoms with E-state index in [4.69, 9.17) is 4.74 Å². The molecule has 0 saturated heterocycles. The maximum atomic E-state index is 12.7. The van der Waals surface area contributed by atoms with E-state index in [9.17, 15) is 9.59 Å². The van der Waals surface area contributed by atoms with E-state index in [1.807, 2.05) is 6.92 Å². The second-order valence-corrected chi connectivity index (χ2v) is 8.30. The summed E-state index contributed by atoms with van der Waals surface area (Å²) in [5.74, 6) is -0.559. The number of aromatic nitrogens is 2. The SMILES string of the molecule is CCOC(=O)c1c(NC(=O)C(C)n2cc(Br)c(C)n2)sc2c1CCCC2. The molecule has 140 valence electrons. The first-order chi connectivity index (χ1) is 12.4. The van der Waals surface area contributed by atoms with Gasteiger partial charge >= 0.3 is 5.97 Å². The molecule has 1 atom stereocenters. The van der Waals surface area contributed by atoms with Crippen LogP contribution in [0.1, 0.15) is 59.2 Å². The highest BCUT2D eigenvalue weighted by Crippen LogP contribution is 2.39. The molecule has 1 aliphatic rings. The average Bonchev–Trinajstić information content (AvgIpc) is 3.14. The summed E-state index contributed by atoms with van der Waals surface area (Å²) in [7, 11) is 0. The van der Waals surface area contributed by atoms with Gasteiger partial charge in [0.1, 0.15) is 11.0 Å². The summed E-state index contributed by atoms with van der Waals surface area (Å²) in [6.07, 6.45) is 5.76. The lowest BCUT2D eigenvalue weighted by Crippen LogP contribution is -2.24. The summed E-state index contributed by atoms with van der Waals surface area (Å²) in [6.45, 7) is 5.76. The first-order valence-corrected chi connectivity index (χ1v) is 10.4. The van der Waals surface area contributed by atoms with Crippen molar-refractivity contribution in [3.63, 3.8) is 0 Å². The number of esters is 1. The molecule has 0 spiro atoms. The molecule has 0 saturated carbocycles. The lowest BCUT2D eigenvalue weighted by molar-refractivity contribution is -0.119. The van der Waals surface area contributed by atoms with Crippen LogP contribution in [-0.2, 0) is 22.4 Å². The highest BCUT2D eigenvalue weighted by Gasteiger charge is 2.28. The molecule has 1 amide bonds. The number of carbonyl (C=O) groups is 2. The van der Waals surface area contributed by atoms with Gasteiger partial charge in [-0.25, -0.2) is 4.79 Å². The largest absolute Gasteiger partial charge is 0.462 e. The van der Waals surface area contributed by atoms with Crippen molar-refractivity contribution in [2.24, 2.45) is 0 Å². The van der Waals surface area contributed by atoms with E-state index in [1.165, 1.54) is 16.2 Å². The van der Waals surface area contributed by atoms with Gasteiger partial charge in [-0.15, -0.1) is 11.3 Å². The molecule has 2 aromatic rings. The fraction of sp³-hybridized carbons (Fsp3) is 0.500. The quantitative estimate of drug-likeness (QED) is 0.705. The summed E-state index contributed by atoms with van der Waals surface area (Å²) in [4.78, 5) is 26.4. The molecule has 8 heteroatoms. The van der Waals surface area contributed by atoms with Crippen LogP contribution in [0.3, 0.4) is 0 Å². The van der Waals surface area contributed by atoms with Gasteiger partial charge in [0.25, 0.3) is 0 Å². The molecule has 1 unspecified atom stereocenters. The number of fused-ring (bicyclic) bond motifs is 1. The summed E-state index contributed by atoms with van der Waals surface area (Å²) in [5, 5.41) is 7.88. The monoisotopic (exact) mass is 439 g/mol. The van der Waals surface area contributed by atoms with Crippen molar-refractivity contribution in [2.45, 2.75) is 52.5 Å². The van der Waals surface area contributed by atoms with Crippen molar-refractivity contribution < 1.29 is 14.3 Å². The van der Waals surface area contributed by atoms with E-state index >= 15 is 0 Å². The van der Waals surface area contributed by atoms with Gasteiger partial charge in [-0.2, -0.15) is 5.10 Å². The minimum Gasteiger partial charge on any atom is -0.462 e. The Kier molecular flexibility index (Phi) is 5.82. The number of rotatable bonds is 5. The molecule has 3 rings (SSSR count). The van der Waals surface area contributed by atoms with E-state index < -0.39 is 6.04 Å². The minimum absolute atomic E-state index is 0.204. The molecule has 0 aliphatic heterocycles. The number of thiophene rings is 1. The average molecular weight is 440 g/mol. The third-order valence-electron chi connectivity index (χ3n) is 4.52. The highest BCUT2D eigenvalue weighted by atomic mass is 79.9. The fourth-order valence-corrected chi connectivity index (χ4v) is 4.64. The number of amides is 1. The Bertz CT molecular complexity index is 824. The van der Waals surface area contributed by atoms with Crippen LogP contribution in [0, 0.1) is 6.92 Å². The number of anilines is 1. The number of hydrogen-bond donors (Lipinski definition) is 1. The normalized spacial score (nSPS) is 14.6. The minimum atomic E-state index is -0.492. The number of hydrogen-bond acceptors (Lipinski definition) is 5. The van der Waals surface area contributed by atoms with E-state index in [1.54, 1.807) is 24.7 Å². The third kappa shape index (κ3) is 3.71. The zero-order valence-corrected chi connectivity index (χ0v) is 17.5. The number of aryl methyl sites for hydroxylation is 2. The van der Waals surface area contributed by atoms with Gasteiger partial charge in [0, 0.05) is 11.1 Å². The van der Waals surface area contributed by atoms with Gasteiger partial charge < -0.3 is 10.1 Å². The number of nitrogens with one attached hydrogen (secondary N) is 1. The lowest BCUT2D eigenvalue weighted by atomic mass is 9.95. The van der Waals surface area contributed by atoms with Crippen molar-refractivity contribution in [3.05, 3.63) is 32.4 Å². The van der Waals surface area contributed by atoms with Gasteiger partial charge in [0.15, 0.2) is 0 Å². The van der Waals surface area contributed by atoms with Crippen molar-refractivity contribution in [3.8, 4) is 0 Å². The van der Waals surface area contributed by atoms with E-state index in [-0.39, 0.29) is 11.9 Å². The maximum Gasteiger partial charge on any atom is 0.341 e. The van der Waals surface area contributed by atoms with Crippen LogP contribution in [0.15, 0.2) is 10.7 Å². The Morgan fingerprint density at radius 2 is 2.15 bits per heavy atom. The number of ether oxygens (including phenoxy) is 1. The molecular formula is C18H22BrN3O3S. The topological polar surface area (TPSA) is 73.2 Å². The van der Waals surface area contributed by atoms with E-state index in [0.29, 0.717) is 17.2 Å². The van der Waals surface area contributed by atoms with Gasteiger partial charge in [-0.3, -0.25) is 9.48 Å². The van der Waals surface area contributed by atoms with E-state index in [0.717, 1.165) is 41.4 Å². The Labute approximate surface area is 165 Å². The molecule has 26 heavy (non-hydrogen) atoms. The van der Waals surface area contributed by atoms with Crippen LogP contribution in [0.5, 0.6) is 0 Å². The molecule has 0 aromatic carbocycles. The van der Waals surface area contributed by atoms with E-state index in [2.05, 4.69) is 26.3 Å². The van der Waals surface area contributed by atoms with Crippen LogP contribution in [-0.4, -0.2) is 28.3 Å². The van der Waals surface area contributed by atoms with Crippen molar-refractivity contribution in [2.75, 3.05) is 11.9 Å². The third-order valence-corrected chi connectivity index (χ3v) is 6.51. The van der Waals surface area contributed by atoms with Crippen LogP contribution in [0.4, 0.5) is 5.00 Å². The van der Waals surface area contributed by atoms with Crippen molar-refractivity contribution in [1.82, 2.24) is 9.78 Å². The van der Waals surface area contributed by atoms with Crippen LogP contribution in [0.2, 0.25) is 0 Å². The van der Waals surface area contributed by atoms with Gasteiger partial charge in [0.2, 0.25) is 5.91 Å². The highest BCUT2D eigenvalue weighted by molar-refractivity contribution is 9.10. The molecule has 1 aliphatic carbocycles. The fourth-order valence-electron chi connectivity index (χ4n) is 3.07. The Morgan fingerprint density at radius 1 is 1.42 bits per heavy atom. The summed E-state index contributed by atoms with van der Waals surface area (Å²) < 4.78 is 7.71. The smallest absolute Gasteiger partial charge is 0.341 e.